The maximum atomic E-state index is 9.70. The van der Waals surface area contributed by atoms with Crippen LogP contribution in [0.4, 0.5) is 0 Å². The van der Waals surface area contributed by atoms with Gasteiger partial charge in [0.25, 0.3) is 0 Å². The molecule has 0 aromatic carbocycles. The summed E-state index contributed by atoms with van der Waals surface area (Å²) in [6.07, 6.45) is 2.18. The Kier molecular flexibility index (Phi) is 2.40. The smallest absolute Gasteiger partial charge is 0.217 e. The van der Waals surface area contributed by atoms with Gasteiger partial charge in [0.2, 0.25) is 11.7 Å². The first-order chi connectivity index (χ1) is 9.53. The molecule has 2 bridgehead atoms. The van der Waals surface area contributed by atoms with E-state index in [9.17, 15) is 15.8 Å². The monoisotopic (exact) mass is 270 g/mol. The van der Waals surface area contributed by atoms with Crippen molar-refractivity contribution in [2.24, 2.45) is 16.7 Å². The van der Waals surface area contributed by atoms with E-state index in [-0.39, 0.29) is 5.90 Å². The minimum atomic E-state index is -1.64. The number of hydrogen-bond donors (Lipinski definition) is 1. The van der Waals surface area contributed by atoms with Crippen LogP contribution < -0.4 is 0 Å². The van der Waals surface area contributed by atoms with Crippen molar-refractivity contribution in [1.29, 1.82) is 21.2 Å². The van der Waals surface area contributed by atoms with Gasteiger partial charge < -0.3 is 9.47 Å². The third kappa shape index (κ3) is 1.05. The molecule has 1 aliphatic carbocycles. The van der Waals surface area contributed by atoms with Crippen LogP contribution in [0.2, 0.25) is 0 Å². The normalized spacial score (nSPS) is 44.4. The summed E-state index contributed by atoms with van der Waals surface area (Å²) in [5.74, 6) is -1.86. The topological polar surface area (TPSA) is 114 Å². The van der Waals surface area contributed by atoms with Gasteiger partial charge in [-0.25, -0.2) is 0 Å². The summed E-state index contributed by atoms with van der Waals surface area (Å²) in [5.41, 5.74) is -3.21. The Labute approximate surface area is 117 Å². The first kappa shape index (κ1) is 12.9. The molecule has 0 amide bonds. The molecule has 4 aliphatic rings. The number of rotatable bonds is 0. The molecule has 1 N–H and O–H groups in total. The zero-order chi connectivity index (χ0) is 14.6. The van der Waals surface area contributed by atoms with Crippen LogP contribution in [0.1, 0.15) is 32.6 Å². The van der Waals surface area contributed by atoms with Gasteiger partial charge in [-0.2, -0.15) is 15.8 Å². The van der Waals surface area contributed by atoms with Gasteiger partial charge in [0, 0.05) is 6.42 Å². The predicted molar refractivity (Wildman–Crippen MR) is 65.8 cm³/mol. The Morgan fingerprint density at radius 3 is 2.45 bits per heavy atom. The van der Waals surface area contributed by atoms with Gasteiger partial charge >= 0.3 is 0 Å². The summed E-state index contributed by atoms with van der Waals surface area (Å²) < 4.78 is 11.5. The van der Waals surface area contributed by atoms with Crippen molar-refractivity contribution in [3.05, 3.63) is 0 Å². The summed E-state index contributed by atoms with van der Waals surface area (Å²) in [6.45, 7) is 1.65. The summed E-state index contributed by atoms with van der Waals surface area (Å²) in [6, 6.07) is 6.13. The van der Waals surface area contributed by atoms with E-state index in [1.54, 1.807) is 6.92 Å². The molecule has 3 heterocycles. The fourth-order valence-corrected chi connectivity index (χ4v) is 4.13. The highest BCUT2D eigenvalue weighted by Crippen LogP contribution is 2.65. The van der Waals surface area contributed by atoms with Gasteiger partial charge in [-0.3, -0.25) is 5.41 Å². The summed E-state index contributed by atoms with van der Waals surface area (Å²) >= 11 is 0. The summed E-state index contributed by atoms with van der Waals surface area (Å²) in [4.78, 5) is 0. The number of nitrogens with zero attached hydrogens (tertiary/aromatic N) is 3. The molecule has 0 radical (unpaired) electrons. The van der Waals surface area contributed by atoms with Crippen molar-refractivity contribution in [3.63, 3.8) is 0 Å². The van der Waals surface area contributed by atoms with E-state index in [1.807, 2.05) is 6.07 Å². The van der Waals surface area contributed by atoms with Gasteiger partial charge in [0.15, 0.2) is 10.8 Å². The van der Waals surface area contributed by atoms with E-state index in [2.05, 4.69) is 12.1 Å². The van der Waals surface area contributed by atoms with Crippen LogP contribution in [-0.4, -0.2) is 17.8 Å². The zero-order valence-electron chi connectivity index (χ0n) is 11.1. The Balaban J connectivity index is 2.31. The number of nitriles is 3. The molecule has 20 heavy (non-hydrogen) atoms. The molecule has 4 atom stereocenters. The van der Waals surface area contributed by atoms with Crippen molar-refractivity contribution in [2.75, 3.05) is 0 Å². The molecule has 4 fully saturated rings. The molecule has 102 valence electrons. The molecule has 4 rings (SSSR count). The van der Waals surface area contributed by atoms with E-state index in [0.29, 0.717) is 12.8 Å². The van der Waals surface area contributed by atoms with Crippen molar-refractivity contribution in [3.8, 4) is 18.2 Å². The second kappa shape index (κ2) is 3.72. The quantitative estimate of drug-likeness (QED) is 0.721. The summed E-state index contributed by atoms with van der Waals surface area (Å²) in [7, 11) is 0. The zero-order valence-corrected chi connectivity index (χ0v) is 11.1. The molecule has 0 aromatic heterocycles. The van der Waals surface area contributed by atoms with Crippen LogP contribution in [-0.2, 0) is 9.47 Å². The van der Waals surface area contributed by atoms with Gasteiger partial charge in [0.05, 0.1) is 30.2 Å². The molecule has 0 unspecified atom stereocenters. The van der Waals surface area contributed by atoms with E-state index in [1.165, 1.54) is 0 Å². The van der Waals surface area contributed by atoms with E-state index in [0.717, 1.165) is 12.8 Å². The predicted octanol–water partition coefficient (Wildman–Crippen LogP) is 1.84. The molecule has 3 saturated heterocycles. The lowest BCUT2D eigenvalue weighted by atomic mass is 9.49. The second-order valence-corrected chi connectivity index (χ2v) is 5.75. The number of ether oxygens (including phenoxy) is 2. The van der Waals surface area contributed by atoms with Crippen LogP contribution in [0.3, 0.4) is 0 Å². The van der Waals surface area contributed by atoms with Crippen LogP contribution in [0.15, 0.2) is 0 Å². The molecule has 6 heteroatoms. The van der Waals surface area contributed by atoms with Gasteiger partial charge in [0.1, 0.15) is 0 Å². The maximum Gasteiger partial charge on any atom is 0.217 e. The van der Waals surface area contributed by atoms with Crippen molar-refractivity contribution in [2.45, 2.75) is 44.5 Å². The fourth-order valence-electron chi connectivity index (χ4n) is 4.13. The highest BCUT2D eigenvalue weighted by molar-refractivity contribution is 5.88. The van der Waals surface area contributed by atoms with Crippen LogP contribution in [0.25, 0.3) is 0 Å². The Hall–Kier alpha value is -2.10. The minimum Gasteiger partial charge on any atom is -0.447 e. The first-order valence-corrected chi connectivity index (χ1v) is 6.72. The Bertz CT molecular complexity index is 596. The average Bonchev–Trinajstić information content (AvgIpc) is 2.45. The molecule has 1 saturated carbocycles. The fraction of sp³-hybridized carbons (Fsp3) is 0.714. The van der Waals surface area contributed by atoms with E-state index >= 15 is 0 Å². The number of nitrogens with one attached hydrogen (secondary N) is 1. The molecule has 0 aromatic rings. The highest BCUT2D eigenvalue weighted by Gasteiger charge is 2.79. The highest BCUT2D eigenvalue weighted by atomic mass is 16.7. The molecule has 3 aliphatic heterocycles. The Morgan fingerprint density at radius 1 is 1.20 bits per heavy atom. The van der Waals surface area contributed by atoms with Crippen LogP contribution >= 0.6 is 0 Å². The number of hydrogen-bond acceptors (Lipinski definition) is 6. The maximum absolute atomic E-state index is 9.70. The molecular weight excluding hydrogens is 256 g/mol. The van der Waals surface area contributed by atoms with Crippen LogP contribution in [0.5, 0.6) is 0 Å². The first-order valence-electron chi connectivity index (χ1n) is 6.72. The lowest BCUT2D eigenvalue weighted by molar-refractivity contribution is -0.353. The molecular formula is C14H14N4O2. The SMILES string of the molecule is C[C@H]1O[C@@]23CCCC[C@@H]2C(C#N)(C#N)[C@]1(C#N)C(=N)O3. The largest absolute Gasteiger partial charge is 0.447 e. The summed E-state index contributed by atoms with van der Waals surface area (Å²) in [5, 5.41) is 37.1. The van der Waals surface area contributed by atoms with Crippen molar-refractivity contribution < 1.29 is 9.47 Å². The van der Waals surface area contributed by atoms with Gasteiger partial charge in [-0.05, 0) is 19.8 Å². The van der Waals surface area contributed by atoms with Crippen molar-refractivity contribution >= 4 is 5.90 Å². The Morgan fingerprint density at radius 2 is 1.90 bits per heavy atom. The lowest BCUT2D eigenvalue weighted by Crippen LogP contribution is -2.75. The van der Waals surface area contributed by atoms with E-state index < -0.39 is 28.6 Å². The van der Waals surface area contributed by atoms with Gasteiger partial charge in [-0.15, -0.1) is 0 Å². The lowest BCUT2D eigenvalue weighted by Gasteiger charge is -2.63. The minimum absolute atomic E-state index is 0.292. The standard InChI is InChI=1S/C14H14N4O2/c1-9-13(8-17)11(18)20-14(19-9)5-3-2-4-10(14)12(13,6-15)7-16/h9-10,18H,2-5H2,1H3/t9-,10-,13+,14-/m1/s1. The average molecular weight is 270 g/mol. The number of fused-ring (bicyclic) bond motifs is 2. The third-order valence-corrected chi connectivity index (χ3v) is 5.09. The molecule has 1 spiro atoms. The van der Waals surface area contributed by atoms with Crippen molar-refractivity contribution in [1.82, 2.24) is 0 Å². The van der Waals surface area contributed by atoms with Crippen LogP contribution in [0, 0.1) is 56.2 Å². The van der Waals surface area contributed by atoms with E-state index in [4.69, 9.17) is 14.9 Å². The van der Waals surface area contributed by atoms with Gasteiger partial charge in [-0.1, -0.05) is 6.42 Å². The second-order valence-electron chi connectivity index (χ2n) is 5.75. The molecule has 6 nitrogen and oxygen atoms in total. The third-order valence-electron chi connectivity index (χ3n) is 5.09.